The zero-order valence-corrected chi connectivity index (χ0v) is 9.05. The van der Waals surface area contributed by atoms with E-state index in [9.17, 15) is 0 Å². The highest BCUT2D eigenvalue weighted by atomic mass is 35.5. The number of halogens is 2. The van der Waals surface area contributed by atoms with Crippen molar-refractivity contribution in [2.75, 3.05) is 5.88 Å². The SMILES string of the molecule is Cc1cc(Cl)n2nc(CCCl)nc2n1. The molecule has 4 nitrogen and oxygen atoms in total. The highest BCUT2D eigenvalue weighted by Crippen LogP contribution is 2.11. The molecule has 0 aliphatic heterocycles. The van der Waals surface area contributed by atoms with E-state index >= 15 is 0 Å². The number of nitrogens with zero attached hydrogens (tertiary/aromatic N) is 4. The van der Waals surface area contributed by atoms with Crippen LogP contribution in [0, 0.1) is 6.92 Å². The van der Waals surface area contributed by atoms with Crippen LogP contribution in [0.15, 0.2) is 6.07 Å². The maximum absolute atomic E-state index is 5.96. The fraction of sp³-hybridized carbons (Fsp3) is 0.375. The predicted molar refractivity (Wildman–Crippen MR) is 55.0 cm³/mol. The van der Waals surface area contributed by atoms with Gasteiger partial charge in [-0.2, -0.15) is 9.50 Å². The highest BCUT2D eigenvalue weighted by Gasteiger charge is 2.07. The summed E-state index contributed by atoms with van der Waals surface area (Å²) in [6.07, 6.45) is 0.625. The molecule has 0 unspecified atom stereocenters. The lowest BCUT2D eigenvalue weighted by molar-refractivity contribution is 0.878. The number of aryl methyl sites for hydroxylation is 2. The molecule has 0 aliphatic carbocycles. The van der Waals surface area contributed by atoms with Crippen molar-refractivity contribution in [2.24, 2.45) is 0 Å². The van der Waals surface area contributed by atoms with Crippen molar-refractivity contribution in [3.63, 3.8) is 0 Å². The van der Waals surface area contributed by atoms with E-state index in [0.29, 0.717) is 29.1 Å². The summed E-state index contributed by atoms with van der Waals surface area (Å²) in [5, 5.41) is 4.68. The molecule has 6 heteroatoms. The van der Waals surface area contributed by atoms with Crippen LogP contribution < -0.4 is 0 Å². The molecule has 0 aromatic carbocycles. The van der Waals surface area contributed by atoms with E-state index in [0.717, 1.165) is 5.69 Å². The number of rotatable bonds is 2. The minimum atomic E-state index is 0.494. The molecule has 0 aliphatic rings. The van der Waals surface area contributed by atoms with Crippen LogP contribution in [-0.4, -0.2) is 25.5 Å². The zero-order valence-electron chi connectivity index (χ0n) is 7.54. The van der Waals surface area contributed by atoms with E-state index in [2.05, 4.69) is 15.1 Å². The lowest BCUT2D eigenvalue weighted by Crippen LogP contribution is -1.94. The molecule has 0 atom stereocenters. The number of hydrogen-bond donors (Lipinski definition) is 0. The summed E-state index contributed by atoms with van der Waals surface area (Å²) in [6.45, 7) is 1.86. The summed E-state index contributed by atoms with van der Waals surface area (Å²) in [6, 6.07) is 1.74. The van der Waals surface area contributed by atoms with Gasteiger partial charge in [0.15, 0.2) is 5.82 Å². The molecule has 74 valence electrons. The highest BCUT2D eigenvalue weighted by molar-refractivity contribution is 6.29. The van der Waals surface area contributed by atoms with Gasteiger partial charge in [-0.3, -0.25) is 0 Å². The third-order valence-corrected chi connectivity index (χ3v) is 2.22. The summed E-state index contributed by atoms with van der Waals surface area (Å²) >= 11 is 11.6. The minimum Gasteiger partial charge on any atom is -0.216 e. The molecule has 0 bridgehead atoms. The first-order valence-corrected chi connectivity index (χ1v) is 5.06. The third kappa shape index (κ3) is 1.67. The van der Waals surface area contributed by atoms with Crippen molar-refractivity contribution in [3.8, 4) is 0 Å². The van der Waals surface area contributed by atoms with Crippen LogP contribution in [0.5, 0.6) is 0 Å². The molecular weight excluding hydrogens is 223 g/mol. The molecule has 0 fully saturated rings. The summed E-state index contributed by atoms with van der Waals surface area (Å²) in [4.78, 5) is 8.40. The Kier molecular flexibility index (Phi) is 2.56. The van der Waals surface area contributed by atoms with E-state index < -0.39 is 0 Å². The van der Waals surface area contributed by atoms with Crippen LogP contribution in [0.3, 0.4) is 0 Å². The van der Waals surface area contributed by atoms with Gasteiger partial charge >= 0.3 is 0 Å². The number of aromatic nitrogens is 4. The monoisotopic (exact) mass is 230 g/mol. The molecule has 0 radical (unpaired) electrons. The average Bonchev–Trinajstić information content (AvgIpc) is 2.48. The molecule has 0 N–H and O–H groups in total. The molecule has 0 saturated carbocycles. The number of hydrogen-bond acceptors (Lipinski definition) is 3. The molecule has 2 aromatic heterocycles. The molecular formula is C8H8Cl2N4. The second-order valence-corrected chi connectivity index (χ2v) is 3.66. The van der Waals surface area contributed by atoms with Gasteiger partial charge in [0.1, 0.15) is 5.15 Å². The summed E-state index contributed by atoms with van der Waals surface area (Å²) in [5.74, 6) is 1.68. The van der Waals surface area contributed by atoms with Crippen LogP contribution in [-0.2, 0) is 6.42 Å². The summed E-state index contributed by atoms with van der Waals surface area (Å²) in [7, 11) is 0. The fourth-order valence-electron chi connectivity index (χ4n) is 1.17. The Morgan fingerprint density at radius 1 is 1.43 bits per heavy atom. The number of fused-ring (bicyclic) bond motifs is 1. The number of alkyl halides is 1. The molecule has 14 heavy (non-hydrogen) atoms. The largest absolute Gasteiger partial charge is 0.254 e. The van der Waals surface area contributed by atoms with Crippen LogP contribution in [0.2, 0.25) is 5.15 Å². The standard InChI is InChI=1S/C8H8Cl2N4/c1-5-4-6(10)14-8(11-5)12-7(13-14)2-3-9/h4H,2-3H2,1H3. The van der Waals surface area contributed by atoms with Gasteiger partial charge < -0.3 is 0 Å². The second-order valence-electron chi connectivity index (χ2n) is 2.90. The minimum absolute atomic E-state index is 0.494. The predicted octanol–water partition coefficient (Wildman–Crippen LogP) is 1.87. The first-order chi connectivity index (χ1) is 6.70. The Hall–Kier alpha value is -0.870. The Morgan fingerprint density at radius 3 is 2.93 bits per heavy atom. The van der Waals surface area contributed by atoms with Crippen molar-refractivity contribution in [3.05, 3.63) is 22.7 Å². The third-order valence-electron chi connectivity index (χ3n) is 1.76. The Labute approximate surface area is 90.9 Å². The van der Waals surface area contributed by atoms with Gasteiger partial charge in [0.25, 0.3) is 5.78 Å². The van der Waals surface area contributed by atoms with Gasteiger partial charge in [-0.25, -0.2) is 4.98 Å². The van der Waals surface area contributed by atoms with Crippen LogP contribution in [0.1, 0.15) is 11.5 Å². The molecule has 2 aromatic rings. The maximum Gasteiger partial charge on any atom is 0.254 e. The lowest BCUT2D eigenvalue weighted by Gasteiger charge is -1.95. The molecule has 2 heterocycles. The van der Waals surface area contributed by atoms with Gasteiger partial charge in [0.05, 0.1) is 0 Å². The summed E-state index contributed by atoms with van der Waals surface area (Å²) < 4.78 is 1.51. The Balaban J connectivity index is 2.58. The van der Waals surface area contributed by atoms with E-state index in [1.807, 2.05) is 6.92 Å². The topological polar surface area (TPSA) is 43.1 Å². The normalized spacial score (nSPS) is 11.1. The van der Waals surface area contributed by atoms with Crippen molar-refractivity contribution < 1.29 is 0 Å². The zero-order chi connectivity index (χ0) is 10.1. The van der Waals surface area contributed by atoms with Crippen LogP contribution in [0.25, 0.3) is 5.78 Å². The fourth-order valence-corrected chi connectivity index (χ4v) is 1.62. The van der Waals surface area contributed by atoms with Crippen LogP contribution >= 0.6 is 23.2 Å². The smallest absolute Gasteiger partial charge is 0.216 e. The lowest BCUT2D eigenvalue weighted by atomic mass is 10.5. The van der Waals surface area contributed by atoms with Crippen molar-refractivity contribution in [2.45, 2.75) is 13.3 Å². The maximum atomic E-state index is 5.96. The van der Waals surface area contributed by atoms with E-state index in [1.165, 1.54) is 4.52 Å². The van der Waals surface area contributed by atoms with Gasteiger partial charge in [-0.15, -0.1) is 16.7 Å². The van der Waals surface area contributed by atoms with Gasteiger partial charge in [0, 0.05) is 18.0 Å². The molecule has 0 saturated heterocycles. The van der Waals surface area contributed by atoms with Gasteiger partial charge in [-0.1, -0.05) is 11.6 Å². The van der Waals surface area contributed by atoms with Crippen LogP contribution in [0.4, 0.5) is 0 Å². The molecule has 0 spiro atoms. The van der Waals surface area contributed by atoms with E-state index in [1.54, 1.807) is 6.07 Å². The van der Waals surface area contributed by atoms with Gasteiger partial charge in [-0.05, 0) is 13.0 Å². The average molecular weight is 231 g/mol. The summed E-state index contributed by atoms with van der Waals surface area (Å²) in [5.41, 5.74) is 0.826. The Bertz CT molecular complexity index is 466. The van der Waals surface area contributed by atoms with Crippen molar-refractivity contribution >= 4 is 29.0 Å². The van der Waals surface area contributed by atoms with Gasteiger partial charge in [0.2, 0.25) is 0 Å². The second kappa shape index (κ2) is 3.71. The van der Waals surface area contributed by atoms with Crippen molar-refractivity contribution in [1.29, 1.82) is 0 Å². The first kappa shape index (κ1) is 9.68. The first-order valence-electron chi connectivity index (χ1n) is 4.15. The van der Waals surface area contributed by atoms with E-state index in [4.69, 9.17) is 23.2 Å². The molecule has 0 amide bonds. The van der Waals surface area contributed by atoms with Crippen molar-refractivity contribution in [1.82, 2.24) is 19.6 Å². The Morgan fingerprint density at radius 2 is 2.21 bits per heavy atom. The molecule has 2 rings (SSSR count). The van der Waals surface area contributed by atoms with E-state index in [-0.39, 0.29) is 0 Å². The quantitative estimate of drug-likeness (QED) is 0.585.